The van der Waals surface area contributed by atoms with Crippen molar-refractivity contribution in [1.82, 2.24) is 20.0 Å². The van der Waals surface area contributed by atoms with Gasteiger partial charge in [-0.3, -0.25) is 15.0 Å². The fourth-order valence-electron chi connectivity index (χ4n) is 3.44. The second-order valence-electron chi connectivity index (χ2n) is 7.30. The van der Waals surface area contributed by atoms with Gasteiger partial charge in [0.25, 0.3) is 11.8 Å². The summed E-state index contributed by atoms with van der Waals surface area (Å²) in [5, 5.41) is 9.32. The standard InChI is InChI=1S/C20H23N5O2S/c1-13-4-3-9-25(10-13)11-17-12-28-20(22-17)23-18(26)15-5-7-16(8-6-15)19-21-14(2)24-27-19/h5-8,12-13H,3-4,9-11H2,1-2H3,(H,22,23,26). The number of hydrogen-bond donors (Lipinski definition) is 1. The number of piperidine rings is 1. The summed E-state index contributed by atoms with van der Waals surface area (Å²) >= 11 is 1.46. The number of thiazole rings is 1. The molecule has 146 valence electrons. The van der Waals surface area contributed by atoms with E-state index >= 15 is 0 Å². The Kier molecular flexibility index (Phi) is 5.50. The lowest BCUT2D eigenvalue weighted by Gasteiger charge is -2.30. The van der Waals surface area contributed by atoms with Crippen LogP contribution < -0.4 is 5.32 Å². The van der Waals surface area contributed by atoms with Gasteiger partial charge < -0.3 is 4.52 Å². The van der Waals surface area contributed by atoms with Crippen LogP contribution in [0.3, 0.4) is 0 Å². The molecule has 1 aliphatic heterocycles. The highest BCUT2D eigenvalue weighted by atomic mass is 32.1. The normalized spacial score (nSPS) is 17.6. The van der Waals surface area contributed by atoms with E-state index in [1.165, 1.54) is 24.2 Å². The van der Waals surface area contributed by atoms with Crippen molar-refractivity contribution in [3.05, 3.63) is 46.7 Å². The molecule has 4 rings (SSSR count). The molecule has 28 heavy (non-hydrogen) atoms. The lowest BCUT2D eigenvalue weighted by atomic mass is 10.0. The Labute approximate surface area is 167 Å². The van der Waals surface area contributed by atoms with E-state index in [9.17, 15) is 4.79 Å². The highest BCUT2D eigenvalue weighted by molar-refractivity contribution is 7.13. The molecular formula is C20H23N5O2S. The lowest BCUT2D eigenvalue weighted by Crippen LogP contribution is -2.33. The number of nitrogens with one attached hydrogen (secondary N) is 1. The number of hydrogen-bond acceptors (Lipinski definition) is 7. The number of benzene rings is 1. The molecule has 1 fully saturated rings. The summed E-state index contributed by atoms with van der Waals surface area (Å²) in [5.74, 6) is 1.59. The molecule has 8 heteroatoms. The molecule has 0 saturated carbocycles. The second-order valence-corrected chi connectivity index (χ2v) is 8.16. The predicted molar refractivity (Wildman–Crippen MR) is 108 cm³/mol. The summed E-state index contributed by atoms with van der Waals surface area (Å²) < 4.78 is 5.14. The van der Waals surface area contributed by atoms with Crippen molar-refractivity contribution in [1.29, 1.82) is 0 Å². The number of likely N-dealkylation sites (tertiary alicyclic amines) is 1. The lowest BCUT2D eigenvalue weighted by molar-refractivity contribution is 0.102. The van der Waals surface area contributed by atoms with Crippen molar-refractivity contribution < 1.29 is 9.32 Å². The molecule has 1 saturated heterocycles. The van der Waals surface area contributed by atoms with Gasteiger partial charge in [0.05, 0.1) is 5.69 Å². The zero-order valence-corrected chi connectivity index (χ0v) is 16.8. The minimum Gasteiger partial charge on any atom is -0.334 e. The molecule has 3 heterocycles. The summed E-state index contributed by atoms with van der Waals surface area (Å²) in [6.07, 6.45) is 2.55. The minimum absolute atomic E-state index is 0.180. The van der Waals surface area contributed by atoms with Crippen molar-refractivity contribution in [2.24, 2.45) is 5.92 Å². The van der Waals surface area contributed by atoms with E-state index in [1.54, 1.807) is 31.2 Å². The van der Waals surface area contributed by atoms with E-state index in [-0.39, 0.29) is 5.91 Å². The molecule has 0 aliphatic carbocycles. The molecule has 1 aliphatic rings. The Hall–Kier alpha value is -2.58. The number of nitrogens with zero attached hydrogens (tertiary/aromatic N) is 4. The third-order valence-corrected chi connectivity index (χ3v) is 5.63. The van der Waals surface area contributed by atoms with Gasteiger partial charge in [-0.2, -0.15) is 4.98 Å². The predicted octanol–water partition coefficient (Wildman–Crippen LogP) is 3.99. The number of carbonyl (C=O) groups excluding carboxylic acids is 1. The van der Waals surface area contributed by atoms with Gasteiger partial charge in [-0.05, 0) is 56.5 Å². The Morgan fingerprint density at radius 3 is 2.86 bits per heavy atom. The van der Waals surface area contributed by atoms with Gasteiger partial charge in [0.15, 0.2) is 11.0 Å². The van der Waals surface area contributed by atoms with Gasteiger partial charge in [-0.1, -0.05) is 12.1 Å². The second kappa shape index (κ2) is 8.20. The molecule has 0 spiro atoms. The van der Waals surface area contributed by atoms with Gasteiger partial charge in [-0.15, -0.1) is 11.3 Å². The molecular weight excluding hydrogens is 374 g/mol. The highest BCUT2D eigenvalue weighted by Gasteiger charge is 2.18. The van der Waals surface area contributed by atoms with Crippen molar-refractivity contribution >= 4 is 22.4 Å². The summed E-state index contributed by atoms with van der Waals surface area (Å²) in [7, 11) is 0. The third kappa shape index (κ3) is 4.45. The van der Waals surface area contributed by atoms with E-state index in [1.807, 2.05) is 5.38 Å². The fourth-order valence-corrected chi connectivity index (χ4v) is 4.14. The summed E-state index contributed by atoms with van der Waals surface area (Å²) in [6, 6.07) is 7.08. The van der Waals surface area contributed by atoms with Crippen molar-refractivity contribution in [3.63, 3.8) is 0 Å². The van der Waals surface area contributed by atoms with Crippen LogP contribution in [0.25, 0.3) is 11.5 Å². The maximum Gasteiger partial charge on any atom is 0.257 e. The van der Waals surface area contributed by atoms with Gasteiger partial charge in [-0.25, -0.2) is 4.98 Å². The monoisotopic (exact) mass is 397 g/mol. The Bertz CT molecular complexity index is 950. The molecule has 1 N–H and O–H groups in total. The summed E-state index contributed by atoms with van der Waals surface area (Å²) in [5.41, 5.74) is 2.35. The zero-order valence-electron chi connectivity index (χ0n) is 16.0. The van der Waals surface area contributed by atoms with Crippen LogP contribution in [0.1, 0.15) is 41.6 Å². The number of carbonyl (C=O) groups is 1. The SMILES string of the molecule is Cc1noc(-c2ccc(C(=O)Nc3nc(CN4CCCC(C)C4)cs3)cc2)n1. The van der Waals surface area contributed by atoms with Crippen LogP contribution in [0.2, 0.25) is 0 Å². The van der Waals surface area contributed by atoms with Crippen LogP contribution in [0.5, 0.6) is 0 Å². The molecule has 1 amide bonds. The smallest absolute Gasteiger partial charge is 0.257 e. The first kappa shape index (κ1) is 18.8. The average molecular weight is 398 g/mol. The molecule has 1 unspecified atom stereocenters. The molecule has 7 nitrogen and oxygen atoms in total. The van der Waals surface area contributed by atoms with Crippen molar-refractivity contribution in [2.45, 2.75) is 33.2 Å². The van der Waals surface area contributed by atoms with Gasteiger partial charge in [0.2, 0.25) is 0 Å². The Morgan fingerprint density at radius 1 is 1.32 bits per heavy atom. The van der Waals surface area contributed by atoms with Crippen LogP contribution >= 0.6 is 11.3 Å². The average Bonchev–Trinajstić information content (AvgIpc) is 3.31. The quantitative estimate of drug-likeness (QED) is 0.701. The van der Waals surface area contributed by atoms with Gasteiger partial charge in [0.1, 0.15) is 0 Å². The molecule has 0 radical (unpaired) electrons. The maximum atomic E-state index is 12.5. The largest absolute Gasteiger partial charge is 0.334 e. The Morgan fingerprint density at radius 2 is 2.14 bits per heavy atom. The number of anilines is 1. The zero-order chi connectivity index (χ0) is 19.5. The van der Waals surface area contributed by atoms with E-state index < -0.39 is 0 Å². The molecule has 2 aromatic heterocycles. The van der Waals surface area contributed by atoms with E-state index in [2.05, 4.69) is 32.3 Å². The first-order chi connectivity index (χ1) is 13.6. The Balaban J connectivity index is 1.36. The van der Waals surface area contributed by atoms with Crippen LogP contribution in [0.4, 0.5) is 5.13 Å². The minimum atomic E-state index is -0.180. The van der Waals surface area contributed by atoms with Crippen molar-refractivity contribution in [2.75, 3.05) is 18.4 Å². The number of amides is 1. The molecule has 1 atom stereocenters. The van der Waals surface area contributed by atoms with Gasteiger partial charge in [0, 0.05) is 29.6 Å². The van der Waals surface area contributed by atoms with Crippen LogP contribution in [0.15, 0.2) is 34.2 Å². The van der Waals surface area contributed by atoms with Crippen LogP contribution in [-0.2, 0) is 6.54 Å². The van der Waals surface area contributed by atoms with Crippen molar-refractivity contribution in [3.8, 4) is 11.5 Å². The van der Waals surface area contributed by atoms with E-state index in [0.717, 1.165) is 36.8 Å². The van der Waals surface area contributed by atoms with Crippen LogP contribution in [0, 0.1) is 12.8 Å². The highest BCUT2D eigenvalue weighted by Crippen LogP contribution is 2.22. The molecule has 1 aromatic carbocycles. The van der Waals surface area contributed by atoms with Crippen LogP contribution in [-0.4, -0.2) is 39.0 Å². The number of aryl methyl sites for hydroxylation is 1. The summed E-state index contributed by atoms with van der Waals surface area (Å²) in [6.45, 7) is 7.14. The summed E-state index contributed by atoms with van der Waals surface area (Å²) in [4.78, 5) is 23.7. The van der Waals surface area contributed by atoms with E-state index in [4.69, 9.17) is 4.52 Å². The molecule has 0 bridgehead atoms. The first-order valence-corrected chi connectivity index (χ1v) is 10.3. The number of rotatable bonds is 5. The first-order valence-electron chi connectivity index (χ1n) is 9.45. The van der Waals surface area contributed by atoms with Gasteiger partial charge >= 0.3 is 0 Å². The van der Waals surface area contributed by atoms with E-state index in [0.29, 0.717) is 22.4 Å². The topological polar surface area (TPSA) is 84.2 Å². The maximum absolute atomic E-state index is 12.5. The molecule has 3 aromatic rings. The third-order valence-electron chi connectivity index (χ3n) is 4.82. The fraction of sp³-hybridized carbons (Fsp3) is 0.400. The number of aromatic nitrogens is 3.